The first-order valence-corrected chi connectivity index (χ1v) is 7.07. The third kappa shape index (κ3) is 2.89. The van der Waals surface area contributed by atoms with Gasteiger partial charge >= 0.3 is 0 Å². The average molecular weight is 340 g/mol. The molecule has 2 rings (SSSR count). The van der Waals surface area contributed by atoms with Gasteiger partial charge in [0, 0.05) is 21.5 Å². The van der Waals surface area contributed by atoms with Crippen LogP contribution in [0.15, 0.2) is 30.3 Å². The molecule has 0 aliphatic rings. The highest BCUT2D eigenvalue weighted by Crippen LogP contribution is 2.38. The average Bonchev–Trinajstić information content (AvgIpc) is 2.34. The van der Waals surface area contributed by atoms with E-state index in [1.807, 2.05) is 6.07 Å². The first-order chi connectivity index (χ1) is 8.52. The highest BCUT2D eigenvalue weighted by Gasteiger charge is 2.12. The van der Waals surface area contributed by atoms with Crippen LogP contribution in [0.4, 0.5) is 0 Å². The lowest BCUT2D eigenvalue weighted by Crippen LogP contribution is -1.88. The van der Waals surface area contributed by atoms with Crippen molar-refractivity contribution in [1.82, 2.24) is 0 Å². The summed E-state index contributed by atoms with van der Waals surface area (Å²) in [6.45, 7) is 0. The SMILES string of the molecule is ClCc1cc(Cl)ccc1-c1cc(Cl)cc(Cl)c1Cl. The predicted molar refractivity (Wildman–Crippen MR) is 81.5 cm³/mol. The van der Waals surface area contributed by atoms with E-state index in [2.05, 4.69) is 0 Å². The molecule has 18 heavy (non-hydrogen) atoms. The van der Waals surface area contributed by atoms with Crippen LogP contribution < -0.4 is 0 Å². The summed E-state index contributed by atoms with van der Waals surface area (Å²) in [7, 11) is 0. The van der Waals surface area contributed by atoms with E-state index < -0.39 is 0 Å². The minimum atomic E-state index is 0.330. The molecule has 0 unspecified atom stereocenters. The lowest BCUT2D eigenvalue weighted by Gasteiger charge is -2.11. The van der Waals surface area contributed by atoms with Gasteiger partial charge in [-0.1, -0.05) is 52.5 Å². The van der Waals surface area contributed by atoms with E-state index in [1.54, 1.807) is 24.3 Å². The molecule has 2 aromatic rings. The van der Waals surface area contributed by atoms with Gasteiger partial charge in [0.2, 0.25) is 0 Å². The molecule has 0 atom stereocenters. The topological polar surface area (TPSA) is 0 Å². The van der Waals surface area contributed by atoms with Crippen molar-refractivity contribution >= 4 is 58.0 Å². The molecule has 0 heterocycles. The monoisotopic (exact) mass is 338 g/mol. The molecule has 0 saturated heterocycles. The number of rotatable bonds is 2. The van der Waals surface area contributed by atoms with Crippen molar-refractivity contribution in [2.45, 2.75) is 5.88 Å². The molecule has 5 heteroatoms. The Morgan fingerprint density at radius 3 is 2.17 bits per heavy atom. The normalized spacial score (nSPS) is 10.7. The minimum absolute atomic E-state index is 0.330. The number of alkyl halides is 1. The van der Waals surface area contributed by atoms with Crippen molar-refractivity contribution < 1.29 is 0 Å². The van der Waals surface area contributed by atoms with Gasteiger partial charge in [0.15, 0.2) is 0 Å². The highest BCUT2D eigenvalue weighted by atomic mass is 35.5. The van der Waals surface area contributed by atoms with Gasteiger partial charge in [0.25, 0.3) is 0 Å². The van der Waals surface area contributed by atoms with Crippen molar-refractivity contribution in [3.8, 4) is 11.1 Å². The molecular formula is C13H7Cl5. The van der Waals surface area contributed by atoms with Crippen molar-refractivity contribution in [3.05, 3.63) is 56.0 Å². The molecule has 0 spiro atoms. The Kier molecular flexibility index (Phi) is 4.69. The van der Waals surface area contributed by atoms with Gasteiger partial charge < -0.3 is 0 Å². The largest absolute Gasteiger partial charge is 0.122 e. The van der Waals surface area contributed by atoms with E-state index >= 15 is 0 Å². The Bertz CT molecular complexity index is 592. The number of halogens is 5. The summed E-state index contributed by atoms with van der Waals surface area (Å²) < 4.78 is 0. The third-order valence-electron chi connectivity index (χ3n) is 2.49. The summed E-state index contributed by atoms with van der Waals surface area (Å²) in [4.78, 5) is 0. The lowest BCUT2D eigenvalue weighted by molar-refractivity contribution is 1.40. The fourth-order valence-electron chi connectivity index (χ4n) is 1.69. The van der Waals surface area contributed by atoms with E-state index in [-0.39, 0.29) is 0 Å². The second kappa shape index (κ2) is 5.90. The molecule has 0 N–H and O–H groups in total. The van der Waals surface area contributed by atoms with Crippen LogP contribution >= 0.6 is 58.0 Å². The van der Waals surface area contributed by atoms with E-state index in [0.717, 1.165) is 16.7 Å². The Hall–Kier alpha value is -0.110. The zero-order valence-corrected chi connectivity index (χ0v) is 12.8. The smallest absolute Gasteiger partial charge is 0.0671 e. The maximum absolute atomic E-state index is 6.20. The van der Waals surface area contributed by atoms with E-state index in [4.69, 9.17) is 58.0 Å². The van der Waals surface area contributed by atoms with Crippen LogP contribution in [0, 0.1) is 0 Å². The summed E-state index contributed by atoms with van der Waals surface area (Å²) in [6.07, 6.45) is 0. The Balaban J connectivity index is 2.69. The number of benzene rings is 2. The fourth-order valence-corrected chi connectivity index (χ4v) is 2.81. The molecule has 0 aromatic heterocycles. The second-order valence-corrected chi connectivity index (χ2v) is 5.61. The van der Waals surface area contributed by atoms with Crippen LogP contribution in [0.3, 0.4) is 0 Å². The molecule has 0 saturated carbocycles. The van der Waals surface area contributed by atoms with Crippen LogP contribution in [0.2, 0.25) is 20.1 Å². The number of hydrogen-bond acceptors (Lipinski definition) is 0. The quantitative estimate of drug-likeness (QED) is 0.421. The van der Waals surface area contributed by atoms with Crippen molar-refractivity contribution in [2.75, 3.05) is 0 Å². The Morgan fingerprint density at radius 2 is 1.50 bits per heavy atom. The zero-order chi connectivity index (χ0) is 13.3. The molecule has 0 bridgehead atoms. The van der Waals surface area contributed by atoms with Crippen LogP contribution in [0.1, 0.15) is 5.56 Å². The van der Waals surface area contributed by atoms with Gasteiger partial charge in [-0.25, -0.2) is 0 Å². The van der Waals surface area contributed by atoms with Gasteiger partial charge in [-0.15, -0.1) is 11.6 Å². The second-order valence-electron chi connectivity index (χ2n) is 3.68. The summed E-state index contributed by atoms with van der Waals surface area (Å²) in [5, 5.41) is 2.01. The third-order valence-corrected chi connectivity index (χ3v) is 4.04. The maximum Gasteiger partial charge on any atom is 0.0671 e. The van der Waals surface area contributed by atoms with Crippen molar-refractivity contribution in [1.29, 1.82) is 0 Å². The van der Waals surface area contributed by atoms with E-state index in [1.165, 1.54) is 0 Å². The number of hydrogen-bond donors (Lipinski definition) is 0. The Labute approximate surface area is 130 Å². The molecule has 0 fully saturated rings. The van der Waals surface area contributed by atoms with Crippen LogP contribution in [-0.2, 0) is 5.88 Å². The molecule has 2 aromatic carbocycles. The standard InChI is InChI=1S/C13H7Cl5/c14-6-7-3-8(15)1-2-10(7)11-4-9(16)5-12(17)13(11)18/h1-5H,6H2. The molecule has 0 radical (unpaired) electrons. The Morgan fingerprint density at radius 1 is 0.778 bits per heavy atom. The summed E-state index contributed by atoms with van der Waals surface area (Å²) in [5.74, 6) is 0.330. The van der Waals surface area contributed by atoms with Crippen LogP contribution in [0.25, 0.3) is 11.1 Å². The summed E-state index contributed by atoms with van der Waals surface area (Å²) in [5.41, 5.74) is 2.51. The highest BCUT2D eigenvalue weighted by molar-refractivity contribution is 6.45. The summed E-state index contributed by atoms with van der Waals surface area (Å²) >= 11 is 30.1. The summed E-state index contributed by atoms with van der Waals surface area (Å²) in [6, 6.07) is 8.79. The van der Waals surface area contributed by atoms with Gasteiger partial charge in [-0.05, 0) is 35.4 Å². The fraction of sp³-hybridized carbons (Fsp3) is 0.0769. The lowest BCUT2D eigenvalue weighted by atomic mass is 10.0. The molecule has 0 aliphatic carbocycles. The van der Waals surface area contributed by atoms with Crippen molar-refractivity contribution in [2.24, 2.45) is 0 Å². The molecule has 0 amide bonds. The van der Waals surface area contributed by atoms with Crippen LogP contribution in [0.5, 0.6) is 0 Å². The maximum atomic E-state index is 6.20. The first kappa shape index (κ1) is 14.3. The predicted octanol–water partition coefficient (Wildman–Crippen LogP) is 6.71. The molecule has 94 valence electrons. The van der Waals surface area contributed by atoms with E-state index in [0.29, 0.717) is 26.0 Å². The van der Waals surface area contributed by atoms with Gasteiger partial charge in [0.1, 0.15) is 0 Å². The van der Waals surface area contributed by atoms with Crippen molar-refractivity contribution in [3.63, 3.8) is 0 Å². The van der Waals surface area contributed by atoms with E-state index in [9.17, 15) is 0 Å². The first-order valence-electron chi connectivity index (χ1n) is 5.02. The molecule has 0 nitrogen and oxygen atoms in total. The van der Waals surface area contributed by atoms with Gasteiger partial charge in [0.05, 0.1) is 10.0 Å². The zero-order valence-electron chi connectivity index (χ0n) is 8.98. The van der Waals surface area contributed by atoms with Gasteiger partial charge in [-0.2, -0.15) is 0 Å². The molecular weight excluding hydrogens is 333 g/mol. The molecule has 0 aliphatic heterocycles. The minimum Gasteiger partial charge on any atom is -0.122 e. The van der Waals surface area contributed by atoms with Crippen LogP contribution in [-0.4, -0.2) is 0 Å². The van der Waals surface area contributed by atoms with Gasteiger partial charge in [-0.3, -0.25) is 0 Å².